The molecule has 3 aliphatic heterocycles. The molecule has 1 aromatic carbocycles. The lowest BCUT2D eigenvalue weighted by molar-refractivity contribution is 0.0703. The second kappa shape index (κ2) is 7.62. The Kier molecular flexibility index (Phi) is 5.08. The van der Waals surface area contributed by atoms with Gasteiger partial charge >= 0.3 is 0 Å². The molecule has 2 saturated heterocycles. The van der Waals surface area contributed by atoms with Crippen LogP contribution in [0.15, 0.2) is 18.2 Å². The summed E-state index contributed by atoms with van der Waals surface area (Å²) in [6, 6.07) is 5.49. The molecule has 6 heteroatoms. The van der Waals surface area contributed by atoms with Crippen LogP contribution in [0.5, 0.6) is 11.5 Å². The first-order valence-corrected chi connectivity index (χ1v) is 9.32. The van der Waals surface area contributed by atoms with Gasteiger partial charge in [-0.2, -0.15) is 0 Å². The fourth-order valence-electron chi connectivity index (χ4n) is 3.79. The Morgan fingerprint density at radius 3 is 2.72 bits per heavy atom. The highest BCUT2D eigenvalue weighted by Gasteiger charge is 2.24. The van der Waals surface area contributed by atoms with Crippen molar-refractivity contribution in [2.24, 2.45) is 0 Å². The molecule has 1 aromatic rings. The summed E-state index contributed by atoms with van der Waals surface area (Å²) in [6.45, 7) is 6.50. The van der Waals surface area contributed by atoms with Gasteiger partial charge in [0.05, 0.1) is 6.10 Å². The van der Waals surface area contributed by atoms with Crippen molar-refractivity contribution in [2.45, 2.75) is 25.4 Å². The SMILES string of the molecule is O=C(c1ccc2c(c1)OCCO2)N1CCCN(C[C@H]2CCCO2)CC1. The van der Waals surface area contributed by atoms with E-state index in [2.05, 4.69) is 4.90 Å². The molecule has 25 heavy (non-hydrogen) atoms. The third-order valence-electron chi connectivity index (χ3n) is 5.15. The van der Waals surface area contributed by atoms with Gasteiger partial charge in [-0.15, -0.1) is 0 Å². The van der Waals surface area contributed by atoms with Gasteiger partial charge in [-0.25, -0.2) is 0 Å². The van der Waals surface area contributed by atoms with Crippen molar-refractivity contribution in [3.05, 3.63) is 23.8 Å². The monoisotopic (exact) mass is 346 g/mol. The largest absolute Gasteiger partial charge is 0.486 e. The highest BCUT2D eigenvalue weighted by atomic mass is 16.6. The number of carbonyl (C=O) groups excluding carboxylic acids is 1. The average Bonchev–Trinajstić information content (AvgIpc) is 3.05. The summed E-state index contributed by atoms with van der Waals surface area (Å²) in [5.74, 6) is 1.48. The lowest BCUT2D eigenvalue weighted by atomic mass is 10.1. The molecule has 0 N–H and O–H groups in total. The van der Waals surface area contributed by atoms with Crippen LogP contribution in [-0.2, 0) is 4.74 Å². The molecule has 4 rings (SSSR count). The van der Waals surface area contributed by atoms with Crippen LogP contribution in [0, 0.1) is 0 Å². The van der Waals surface area contributed by atoms with E-state index >= 15 is 0 Å². The first kappa shape index (κ1) is 16.7. The number of rotatable bonds is 3. The van der Waals surface area contributed by atoms with Gasteiger partial charge in [0.2, 0.25) is 0 Å². The van der Waals surface area contributed by atoms with E-state index in [0.717, 1.165) is 57.9 Å². The van der Waals surface area contributed by atoms with E-state index in [0.29, 0.717) is 30.6 Å². The van der Waals surface area contributed by atoms with E-state index in [-0.39, 0.29) is 5.91 Å². The van der Waals surface area contributed by atoms with Crippen LogP contribution in [0.4, 0.5) is 0 Å². The number of benzene rings is 1. The molecule has 2 fully saturated rings. The number of carbonyl (C=O) groups is 1. The van der Waals surface area contributed by atoms with E-state index in [4.69, 9.17) is 14.2 Å². The third kappa shape index (κ3) is 3.90. The fourth-order valence-corrected chi connectivity index (χ4v) is 3.79. The Morgan fingerprint density at radius 1 is 1.00 bits per heavy atom. The predicted molar refractivity (Wildman–Crippen MR) is 93.4 cm³/mol. The molecule has 3 aliphatic rings. The zero-order chi connectivity index (χ0) is 17.1. The van der Waals surface area contributed by atoms with Gasteiger partial charge in [0.25, 0.3) is 5.91 Å². The minimum absolute atomic E-state index is 0.0796. The van der Waals surface area contributed by atoms with Crippen molar-refractivity contribution >= 4 is 5.91 Å². The van der Waals surface area contributed by atoms with Crippen LogP contribution in [-0.4, -0.2) is 74.4 Å². The Hall–Kier alpha value is -1.79. The van der Waals surface area contributed by atoms with Crippen LogP contribution >= 0.6 is 0 Å². The zero-order valence-electron chi connectivity index (χ0n) is 14.6. The fraction of sp³-hybridized carbons (Fsp3) is 0.632. The molecule has 3 heterocycles. The van der Waals surface area contributed by atoms with Gasteiger partial charge in [-0.3, -0.25) is 9.69 Å². The Morgan fingerprint density at radius 2 is 1.88 bits per heavy atom. The number of amides is 1. The number of hydrogen-bond donors (Lipinski definition) is 0. The predicted octanol–water partition coefficient (Wildman–Crippen LogP) is 1.78. The summed E-state index contributed by atoms with van der Waals surface area (Å²) in [5, 5.41) is 0. The van der Waals surface area contributed by atoms with E-state index in [9.17, 15) is 4.79 Å². The van der Waals surface area contributed by atoms with Crippen molar-refractivity contribution in [1.29, 1.82) is 0 Å². The topological polar surface area (TPSA) is 51.2 Å². The molecule has 1 amide bonds. The summed E-state index contributed by atoms with van der Waals surface area (Å²) < 4.78 is 16.9. The van der Waals surface area contributed by atoms with Crippen LogP contribution in [0.3, 0.4) is 0 Å². The van der Waals surface area contributed by atoms with E-state index in [1.54, 1.807) is 0 Å². The zero-order valence-corrected chi connectivity index (χ0v) is 14.6. The number of hydrogen-bond acceptors (Lipinski definition) is 5. The molecule has 0 unspecified atom stereocenters. The maximum atomic E-state index is 12.9. The first-order chi connectivity index (χ1) is 12.3. The third-order valence-corrected chi connectivity index (χ3v) is 5.15. The van der Waals surface area contributed by atoms with Crippen LogP contribution in [0.2, 0.25) is 0 Å². The van der Waals surface area contributed by atoms with Crippen LogP contribution < -0.4 is 9.47 Å². The van der Waals surface area contributed by atoms with Gasteiger partial charge < -0.3 is 19.1 Å². The van der Waals surface area contributed by atoms with Crippen molar-refractivity contribution in [3.8, 4) is 11.5 Å². The second-order valence-electron chi connectivity index (χ2n) is 6.94. The normalized spacial score (nSPS) is 24.2. The molecule has 6 nitrogen and oxygen atoms in total. The van der Waals surface area contributed by atoms with Gasteiger partial charge in [-0.05, 0) is 44.0 Å². The molecular weight excluding hydrogens is 320 g/mol. The maximum Gasteiger partial charge on any atom is 0.254 e. The van der Waals surface area contributed by atoms with Gasteiger partial charge in [-0.1, -0.05) is 0 Å². The lowest BCUT2D eigenvalue weighted by Crippen LogP contribution is -2.37. The Balaban J connectivity index is 1.37. The molecule has 0 bridgehead atoms. The van der Waals surface area contributed by atoms with Gasteiger partial charge in [0.1, 0.15) is 13.2 Å². The molecule has 136 valence electrons. The molecule has 0 spiro atoms. The number of ether oxygens (including phenoxy) is 3. The van der Waals surface area contributed by atoms with Crippen molar-refractivity contribution < 1.29 is 19.0 Å². The van der Waals surface area contributed by atoms with Gasteiger partial charge in [0.15, 0.2) is 11.5 Å². The summed E-state index contributed by atoms with van der Waals surface area (Å²) in [4.78, 5) is 17.3. The standard InChI is InChI=1S/C19H26N2O4/c22-19(15-4-5-17-18(13-15)25-12-11-24-17)21-7-2-6-20(8-9-21)14-16-3-1-10-23-16/h4-5,13,16H,1-3,6-12,14H2/t16-/m1/s1. The summed E-state index contributed by atoms with van der Waals surface area (Å²) in [7, 11) is 0. The van der Waals surface area contributed by atoms with Crippen molar-refractivity contribution in [2.75, 3.05) is 52.5 Å². The number of fused-ring (bicyclic) bond motifs is 1. The summed E-state index contributed by atoms with van der Waals surface area (Å²) in [6.07, 6.45) is 3.71. The van der Waals surface area contributed by atoms with Gasteiger partial charge in [0, 0.05) is 38.3 Å². The molecule has 0 aliphatic carbocycles. The summed E-state index contributed by atoms with van der Waals surface area (Å²) >= 11 is 0. The van der Waals surface area contributed by atoms with Crippen LogP contribution in [0.25, 0.3) is 0 Å². The lowest BCUT2D eigenvalue weighted by Gasteiger charge is -2.24. The number of nitrogens with zero attached hydrogens (tertiary/aromatic N) is 2. The molecular formula is C19H26N2O4. The molecule has 0 saturated carbocycles. The highest BCUT2D eigenvalue weighted by Crippen LogP contribution is 2.31. The van der Waals surface area contributed by atoms with E-state index < -0.39 is 0 Å². The second-order valence-corrected chi connectivity index (χ2v) is 6.94. The quantitative estimate of drug-likeness (QED) is 0.835. The van der Waals surface area contributed by atoms with E-state index in [1.165, 1.54) is 6.42 Å². The Bertz CT molecular complexity index is 615. The smallest absolute Gasteiger partial charge is 0.254 e. The van der Waals surface area contributed by atoms with E-state index in [1.807, 2.05) is 23.1 Å². The molecule has 0 radical (unpaired) electrons. The summed E-state index contributed by atoms with van der Waals surface area (Å²) in [5.41, 5.74) is 0.678. The van der Waals surface area contributed by atoms with Crippen molar-refractivity contribution in [1.82, 2.24) is 9.80 Å². The first-order valence-electron chi connectivity index (χ1n) is 9.32. The Labute approximate surface area is 148 Å². The van der Waals surface area contributed by atoms with Crippen LogP contribution in [0.1, 0.15) is 29.6 Å². The highest BCUT2D eigenvalue weighted by molar-refractivity contribution is 5.95. The average molecular weight is 346 g/mol. The minimum atomic E-state index is 0.0796. The van der Waals surface area contributed by atoms with Crippen molar-refractivity contribution in [3.63, 3.8) is 0 Å². The molecule has 1 atom stereocenters. The minimum Gasteiger partial charge on any atom is -0.486 e. The maximum absolute atomic E-state index is 12.9. The molecule has 0 aromatic heterocycles.